The van der Waals surface area contributed by atoms with E-state index in [0.29, 0.717) is 0 Å². The second kappa shape index (κ2) is 5.78. The molecule has 1 aromatic carbocycles. The summed E-state index contributed by atoms with van der Waals surface area (Å²) in [5, 5.41) is 0. The van der Waals surface area contributed by atoms with Gasteiger partial charge in [0, 0.05) is 12.6 Å². The van der Waals surface area contributed by atoms with E-state index in [2.05, 4.69) is 52.8 Å². The first-order chi connectivity index (χ1) is 11.1. The van der Waals surface area contributed by atoms with Gasteiger partial charge in [-0.05, 0) is 64.1 Å². The molecular weight excluding hydrogens is 303 g/mol. The Hall–Kier alpha value is -1.53. The third-order valence-electron chi connectivity index (χ3n) is 5.77. The number of urea groups is 1. The predicted molar refractivity (Wildman–Crippen MR) is 95.3 cm³/mol. The van der Waals surface area contributed by atoms with Crippen LogP contribution in [0, 0.1) is 6.92 Å². The third-order valence-corrected chi connectivity index (χ3v) is 5.77. The van der Waals surface area contributed by atoms with Gasteiger partial charge in [0.1, 0.15) is 0 Å². The number of carbonyl (C=O) groups excluding carboxylic acids is 1. The van der Waals surface area contributed by atoms with Crippen LogP contribution in [0.25, 0.3) is 0 Å². The van der Waals surface area contributed by atoms with Gasteiger partial charge >= 0.3 is 13.1 Å². The SMILES string of the molecule is Cc1cc(B2OC(C)(C)C(C)(C)O2)ccc1CC1CCN1C(N)=O. The predicted octanol–water partition coefficient (Wildman–Crippen LogP) is 1.99. The van der Waals surface area contributed by atoms with E-state index in [1.54, 1.807) is 4.90 Å². The Balaban J connectivity index is 1.73. The zero-order valence-corrected chi connectivity index (χ0v) is 15.3. The van der Waals surface area contributed by atoms with Gasteiger partial charge in [-0.15, -0.1) is 0 Å². The average Bonchev–Trinajstić information content (AvgIpc) is 2.64. The Morgan fingerprint density at radius 2 is 1.92 bits per heavy atom. The smallest absolute Gasteiger partial charge is 0.399 e. The van der Waals surface area contributed by atoms with E-state index in [-0.39, 0.29) is 30.4 Å². The fraction of sp³-hybridized carbons (Fsp3) is 0.611. The molecule has 6 heteroatoms. The lowest BCUT2D eigenvalue weighted by Crippen LogP contribution is -2.54. The van der Waals surface area contributed by atoms with Gasteiger partial charge in [-0.1, -0.05) is 18.2 Å². The lowest BCUT2D eigenvalue weighted by molar-refractivity contribution is 0.00578. The number of primary amides is 1. The van der Waals surface area contributed by atoms with Crippen LogP contribution in [0.3, 0.4) is 0 Å². The highest BCUT2D eigenvalue weighted by atomic mass is 16.7. The van der Waals surface area contributed by atoms with Crippen molar-refractivity contribution in [2.45, 2.75) is 64.7 Å². The van der Waals surface area contributed by atoms with Gasteiger partial charge < -0.3 is 19.9 Å². The summed E-state index contributed by atoms with van der Waals surface area (Å²) in [5.41, 5.74) is 8.19. The summed E-state index contributed by atoms with van der Waals surface area (Å²) in [6.45, 7) is 11.1. The Kier molecular flexibility index (Phi) is 4.17. The molecule has 130 valence electrons. The number of nitrogens with zero attached hydrogens (tertiary/aromatic N) is 1. The van der Waals surface area contributed by atoms with Gasteiger partial charge in [0.15, 0.2) is 0 Å². The van der Waals surface area contributed by atoms with Gasteiger partial charge in [0.2, 0.25) is 0 Å². The van der Waals surface area contributed by atoms with Crippen molar-refractivity contribution in [2.75, 3.05) is 6.54 Å². The number of carbonyl (C=O) groups is 1. The molecule has 2 aliphatic rings. The summed E-state index contributed by atoms with van der Waals surface area (Å²) in [5.74, 6) is 0. The molecule has 24 heavy (non-hydrogen) atoms. The second-order valence-electron chi connectivity index (χ2n) is 7.95. The quantitative estimate of drug-likeness (QED) is 0.862. The lowest BCUT2D eigenvalue weighted by Gasteiger charge is -2.40. The average molecular weight is 330 g/mol. The van der Waals surface area contributed by atoms with Crippen molar-refractivity contribution in [1.29, 1.82) is 0 Å². The number of aryl methyl sites for hydroxylation is 1. The van der Waals surface area contributed by atoms with Crippen molar-refractivity contribution in [3.05, 3.63) is 29.3 Å². The molecule has 1 unspecified atom stereocenters. The van der Waals surface area contributed by atoms with Crippen molar-refractivity contribution < 1.29 is 14.1 Å². The molecule has 3 rings (SSSR count). The molecule has 5 nitrogen and oxygen atoms in total. The molecule has 1 aromatic rings. The Morgan fingerprint density at radius 1 is 1.29 bits per heavy atom. The molecule has 2 heterocycles. The Labute approximate surface area is 144 Å². The standard InChI is InChI=1S/C18H27BN2O3/c1-12-10-14(19-23-17(2,3)18(4,5)24-19)7-6-13(12)11-15-8-9-21(15)16(20)22/h6-7,10,15H,8-9,11H2,1-5H3,(H2,20,22). The summed E-state index contributed by atoms with van der Waals surface area (Å²) < 4.78 is 12.2. The third kappa shape index (κ3) is 2.93. The van der Waals surface area contributed by atoms with Crippen LogP contribution in [0.1, 0.15) is 45.2 Å². The van der Waals surface area contributed by atoms with E-state index in [1.165, 1.54) is 11.1 Å². The topological polar surface area (TPSA) is 64.8 Å². The summed E-state index contributed by atoms with van der Waals surface area (Å²) in [6, 6.07) is 6.22. The van der Waals surface area contributed by atoms with Crippen molar-refractivity contribution in [2.24, 2.45) is 5.73 Å². The maximum atomic E-state index is 11.3. The fourth-order valence-electron chi connectivity index (χ4n) is 3.27. The molecule has 2 amide bonds. The van der Waals surface area contributed by atoms with E-state index in [1.807, 2.05) is 0 Å². The highest BCUT2D eigenvalue weighted by molar-refractivity contribution is 6.62. The van der Waals surface area contributed by atoms with E-state index in [0.717, 1.165) is 24.8 Å². The van der Waals surface area contributed by atoms with Gasteiger partial charge in [0.25, 0.3) is 0 Å². The molecular formula is C18H27BN2O3. The number of amides is 2. The second-order valence-corrected chi connectivity index (χ2v) is 7.95. The van der Waals surface area contributed by atoms with E-state index in [4.69, 9.17) is 15.0 Å². The van der Waals surface area contributed by atoms with Crippen LogP contribution in [0.4, 0.5) is 4.79 Å². The largest absolute Gasteiger partial charge is 0.494 e. The molecule has 0 spiro atoms. The summed E-state index contributed by atoms with van der Waals surface area (Å²) in [7, 11) is -0.339. The number of hydrogen-bond donors (Lipinski definition) is 1. The first kappa shape index (κ1) is 17.3. The first-order valence-electron chi connectivity index (χ1n) is 8.62. The van der Waals surface area contributed by atoms with Crippen LogP contribution in [0.15, 0.2) is 18.2 Å². The monoisotopic (exact) mass is 330 g/mol. The van der Waals surface area contributed by atoms with Crippen LogP contribution in [0.2, 0.25) is 0 Å². The maximum absolute atomic E-state index is 11.3. The normalized spacial score (nSPS) is 24.8. The molecule has 2 saturated heterocycles. The van der Waals surface area contributed by atoms with Gasteiger partial charge in [0.05, 0.1) is 11.2 Å². The van der Waals surface area contributed by atoms with Gasteiger partial charge in [-0.3, -0.25) is 0 Å². The minimum absolute atomic E-state index is 0.226. The van der Waals surface area contributed by atoms with Crippen molar-refractivity contribution in [1.82, 2.24) is 4.90 Å². The van der Waals surface area contributed by atoms with Gasteiger partial charge in [-0.25, -0.2) is 4.79 Å². The number of likely N-dealkylation sites (tertiary alicyclic amines) is 1. The summed E-state index contributed by atoms with van der Waals surface area (Å²) in [6.07, 6.45) is 1.86. The van der Waals surface area contributed by atoms with E-state index >= 15 is 0 Å². The highest BCUT2D eigenvalue weighted by Gasteiger charge is 2.51. The molecule has 2 fully saturated rings. The number of nitrogens with two attached hydrogens (primary N) is 1. The molecule has 1 atom stereocenters. The Bertz CT molecular complexity index is 644. The van der Waals surface area contributed by atoms with Gasteiger partial charge in [-0.2, -0.15) is 0 Å². The molecule has 0 aliphatic carbocycles. The van der Waals surface area contributed by atoms with E-state index in [9.17, 15) is 4.79 Å². The van der Waals surface area contributed by atoms with E-state index < -0.39 is 0 Å². The maximum Gasteiger partial charge on any atom is 0.494 e. The zero-order valence-electron chi connectivity index (χ0n) is 15.3. The van der Waals surface area contributed by atoms with Crippen LogP contribution in [0.5, 0.6) is 0 Å². The first-order valence-corrected chi connectivity index (χ1v) is 8.62. The van der Waals surface area contributed by atoms with Crippen LogP contribution < -0.4 is 11.2 Å². The highest BCUT2D eigenvalue weighted by Crippen LogP contribution is 2.36. The molecule has 2 N–H and O–H groups in total. The fourth-order valence-corrected chi connectivity index (χ4v) is 3.27. The lowest BCUT2D eigenvalue weighted by atomic mass is 9.77. The van der Waals surface area contributed by atoms with Crippen molar-refractivity contribution >= 4 is 18.6 Å². The summed E-state index contributed by atoms with van der Waals surface area (Å²) >= 11 is 0. The number of hydrogen-bond acceptors (Lipinski definition) is 3. The number of rotatable bonds is 3. The molecule has 0 aromatic heterocycles. The zero-order chi connectivity index (χ0) is 17.7. The summed E-state index contributed by atoms with van der Waals surface area (Å²) in [4.78, 5) is 13.1. The molecule has 0 bridgehead atoms. The Morgan fingerprint density at radius 3 is 2.38 bits per heavy atom. The van der Waals surface area contributed by atoms with Crippen LogP contribution >= 0.6 is 0 Å². The van der Waals surface area contributed by atoms with Crippen LogP contribution in [-0.2, 0) is 15.7 Å². The number of benzene rings is 1. The van der Waals surface area contributed by atoms with Crippen molar-refractivity contribution in [3.63, 3.8) is 0 Å². The minimum Gasteiger partial charge on any atom is -0.399 e. The van der Waals surface area contributed by atoms with Crippen molar-refractivity contribution in [3.8, 4) is 0 Å². The molecule has 0 saturated carbocycles. The molecule has 2 aliphatic heterocycles. The minimum atomic E-state index is -0.339. The molecule has 0 radical (unpaired) electrons. The van der Waals surface area contributed by atoms with Crippen LogP contribution in [-0.4, -0.2) is 41.8 Å².